The van der Waals surface area contributed by atoms with Crippen LogP contribution in [0.25, 0.3) is 0 Å². The minimum absolute atomic E-state index is 0.00705. The van der Waals surface area contributed by atoms with Crippen molar-refractivity contribution in [1.29, 1.82) is 0 Å². The Morgan fingerprint density at radius 1 is 1.03 bits per heavy atom. The second-order valence-electron chi connectivity index (χ2n) is 8.94. The largest absolute Gasteiger partial charge is 0.355 e. The van der Waals surface area contributed by atoms with Gasteiger partial charge in [-0.3, -0.25) is 14.5 Å². The van der Waals surface area contributed by atoms with E-state index in [0.717, 1.165) is 31.4 Å². The van der Waals surface area contributed by atoms with Crippen LogP contribution in [0.15, 0.2) is 42.5 Å². The molecule has 0 saturated heterocycles. The summed E-state index contributed by atoms with van der Waals surface area (Å²) in [5.74, 6) is -0.0137. The molecule has 31 heavy (non-hydrogen) atoms. The fourth-order valence-electron chi connectivity index (χ4n) is 4.47. The van der Waals surface area contributed by atoms with Gasteiger partial charge in [0, 0.05) is 25.2 Å². The molecule has 5 heteroatoms. The van der Waals surface area contributed by atoms with Gasteiger partial charge in [0.2, 0.25) is 5.91 Å². The average molecular weight is 420 g/mol. The predicted octanol–water partition coefficient (Wildman–Crippen LogP) is 3.77. The van der Waals surface area contributed by atoms with Crippen LogP contribution in [0.4, 0.5) is 0 Å². The van der Waals surface area contributed by atoms with E-state index in [0.29, 0.717) is 18.2 Å². The van der Waals surface area contributed by atoms with Crippen LogP contribution in [0.5, 0.6) is 0 Å². The molecular weight excluding hydrogens is 386 g/mol. The van der Waals surface area contributed by atoms with E-state index in [9.17, 15) is 9.59 Å². The van der Waals surface area contributed by atoms with E-state index in [4.69, 9.17) is 0 Å². The van der Waals surface area contributed by atoms with Crippen molar-refractivity contribution in [3.05, 3.63) is 70.3 Å². The third-order valence-electron chi connectivity index (χ3n) is 6.49. The topological polar surface area (TPSA) is 61.4 Å². The number of amides is 2. The molecule has 0 aliphatic heterocycles. The van der Waals surface area contributed by atoms with Crippen molar-refractivity contribution in [3.8, 4) is 0 Å². The number of benzene rings is 2. The summed E-state index contributed by atoms with van der Waals surface area (Å²) >= 11 is 0. The quantitative estimate of drug-likeness (QED) is 0.685. The van der Waals surface area contributed by atoms with Gasteiger partial charge in [-0.15, -0.1) is 0 Å². The van der Waals surface area contributed by atoms with E-state index in [1.807, 2.05) is 24.3 Å². The molecular formula is C26H33N3O2. The van der Waals surface area contributed by atoms with E-state index in [2.05, 4.69) is 40.7 Å². The summed E-state index contributed by atoms with van der Waals surface area (Å²) in [6, 6.07) is 14.8. The lowest BCUT2D eigenvalue weighted by Crippen LogP contribution is -2.39. The van der Waals surface area contributed by atoms with Crippen LogP contribution in [0.3, 0.4) is 0 Å². The molecule has 1 unspecified atom stereocenters. The summed E-state index contributed by atoms with van der Waals surface area (Å²) in [7, 11) is 1.63. The molecule has 0 spiro atoms. The van der Waals surface area contributed by atoms with Gasteiger partial charge in [-0.1, -0.05) is 30.3 Å². The molecule has 0 heterocycles. The first kappa shape index (κ1) is 21.6. The molecule has 164 valence electrons. The first-order chi connectivity index (χ1) is 15.0. The van der Waals surface area contributed by atoms with E-state index in [-0.39, 0.29) is 17.9 Å². The second kappa shape index (κ2) is 9.65. The zero-order valence-corrected chi connectivity index (χ0v) is 18.6. The maximum absolute atomic E-state index is 12.8. The van der Waals surface area contributed by atoms with Crippen LogP contribution in [-0.4, -0.2) is 36.3 Å². The molecule has 0 aromatic heterocycles. The van der Waals surface area contributed by atoms with Crippen LogP contribution in [0, 0.1) is 0 Å². The normalized spacial score (nSPS) is 16.5. The standard InChI is InChI=1S/C26H33N3O2/c1-18(22-12-11-20-5-3-4-6-23(20)15-22)28-25(30)17-29(24-13-14-24)16-19-7-9-21(10-8-19)26(31)27-2/h7-12,15,18,24H,3-6,13-14,16-17H2,1-2H3,(H,27,31)(H,28,30). The lowest BCUT2D eigenvalue weighted by molar-refractivity contribution is -0.123. The highest BCUT2D eigenvalue weighted by molar-refractivity contribution is 5.93. The minimum atomic E-state index is -0.0823. The lowest BCUT2D eigenvalue weighted by atomic mass is 9.89. The molecule has 2 aliphatic rings. The average Bonchev–Trinajstić information content (AvgIpc) is 3.63. The van der Waals surface area contributed by atoms with Crippen molar-refractivity contribution in [3.63, 3.8) is 0 Å². The van der Waals surface area contributed by atoms with Crippen LogP contribution in [0.2, 0.25) is 0 Å². The number of nitrogens with one attached hydrogen (secondary N) is 2. The molecule has 1 fully saturated rings. The van der Waals surface area contributed by atoms with Gasteiger partial charge in [0.1, 0.15) is 0 Å². The number of nitrogens with zero attached hydrogens (tertiary/aromatic N) is 1. The first-order valence-corrected chi connectivity index (χ1v) is 11.5. The monoisotopic (exact) mass is 419 g/mol. The summed E-state index contributed by atoms with van der Waals surface area (Å²) in [6.07, 6.45) is 7.16. The fourth-order valence-corrected chi connectivity index (χ4v) is 4.47. The summed E-state index contributed by atoms with van der Waals surface area (Å²) in [5, 5.41) is 5.84. The zero-order valence-electron chi connectivity index (χ0n) is 18.6. The van der Waals surface area contributed by atoms with E-state index >= 15 is 0 Å². The Bertz CT molecular complexity index is 934. The predicted molar refractivity (Wildman–Crippen MR) is 123 cm³/mol. The van der Waals surface area contributed by atoms with Crippen molar-refractivity contribution in [2.45, 2.75) is 64.1 Å². The van der Waals surface area contributed by atoms with Gasteiger partial charge in [-0.25, -0.2) is 0 Å². The minimum Gasteiger partial charge on any atom is -0.355 e. The summed E-state index contributed by atoms with van der Waals surface area (Å²) in [5.41, 5.74) is 5.88. The summed E-state index contributed by atoms with van der Waals surface area (Å²) in [6.45, 7) is 3.19. The molecule has 0 radical (unpaired) electrons. The van der Waals surface area contributed by atoms with Crippen LogP contribution in [0.1, 0.15) is 71.3 Å². The first-order valence-electron chi connectivity index (χ1n) is 11.5. The number of fused-ring (bicyclic) bond motifs is 1. The summed E-state index contributed by atoms with van der Waals surface area (Å²) in [4.78, 5) is 26.8. The second-order valence-corrected chi connectivity index (χ2v) is 8.94. The molecule has 1 saturated carbocycles. The number of hydrogen-bond donors (Lipinski definition) is 2. The Kier molecular flexibility index (Phi) is 6.71. The van der Waals surface area contributed by atoms with Gasteiger partial charge in [-0.05, 0) is 79.8 Å². The van der Waals surface area contributed by atoms with Gasteiger partial charge >= 0.3 is 0 Å². The van der Waals surface area contributed by atoms with Gasteiger partial charge in [0.05, 0.1) is 12.6 Å². The molecule has 5 nitrogen and oxygen atoms in total. The molecule has 2 amide bonds. The molecule has 2 aliphatic carbocycles. The number of carbonyl (C=O) groups excluding carboxylic acids is 2. The number of hydrogen-bond acceptors (Lipinski definition) is 3. The Balaban J connectivity index is 1.35. The van der Waals surface area contributed by atoms with Gasteiger partial charge in [0.15, 0.2) is 0 Å². The van der Waals surface area contributed by atoms with Crippen LogP contribution >= 0.6 is 0 Å². The molecule has 0 bridgehead atoms. The number of aryl methyl sites for hydroxylation is 2. The number of carbonyl (C=O) groups is 2. The van der Waals surface area contributed by atoms with E-state index < -0.39 is 0 Å². The molecule has 2 aromatic carbocycles. The third kappa shape index (κ3) is 5.53. The third-order valence-corrected chi connectivity index (χ3v) is 6.49. The number of rotatable bonds is 8. The van der Waals surface area contributed by atoms with Gasteiger partial charge in [-0.2, -0.15) is 0 Å². The highest BCUT2D eigenvalue weighted by atomic mass is 16.2. The van der Waals surface area contributed by atoms with E-state index in [1.54, 1.807) is 7.05 Å². The maximum atomic E-state index is 12.8. The highest BCUT2D eigenvalue weighted by Gasteiger charge is 2.30. The summed E-state index contributed by atoms with van der Waals surface area (Å²) < 4.78 is 0. The molecule has 2 N–H and O–H groups in total. The van der Waals surface area contributed by atoms with Crippen LogP contribution in [-0.2, 0) is 24.2 Å². The Labute approximate surface area is 185 Å². The fraction of sp³-hybridized carbons (Fsp3) is 0.462. The van der Waals surface area contributed by atoms with Crippen molar-refractivity contribution >= 4 is 11.8 Å². The maximum Gasteiger partial charge on any atom is 0.251 e. The Hall–Kier alpha value is -2.66. The van der Waals surface area contributed by atoms with Crippen molar-refractivity contribution in [2.75, 3.05) is 13.6 Å². The molecule has 2 aromatic rings. The van der Waals surface area contributed by atoms with Gasteiger partial charge in [0.25, 0.3) is 5.91 Å². The Morgan fingerprint density at radius 3 is 2.42 bits per heavy atom. The van der Waals surface area contributed by atoms with Gasteiger partial charge < -0.3 is 10.6 Å². The zero-order chi connectivity index (χ0) is 21.8. The lowest BCUT2D eigenvalue weighted by Gasteiger charge is -2.24. The highest BCUT2D eigenvalue weighted by Crippen LogP contribution is 2.28. The van der Waals surface area contributed by atoms with Crippen molar-refractivity contribution < 1.29 is 9.59 Å². The molecule has 4 rings (SSSR count). The smallest absolute Gasteiger partial charge is 0.251 e. The van der Waals surface area contributed by atoms with Crippen molar-refractivity contribution in [2.24, 2.45) is 0 Å². The molecule has 1 atom stereocenters. The van der Waals surface area contributed by atoms with Crippen molar-refractivity contribution in [1.82, 2.24) is 15.5 Å². The van der Waals surface area contributed by atoms with Crippen LogP contribution < -0.4 is 10.6 Å². The van der Waals surface area contributed by atoms with E-state index in [1.165, 1.54) is 36.0 Å². The Morgan fingerprint density at radius 2 is 1.74 bits per heavy atom. The SMILES string of the molecule is CNC(=O)c1ccc(CN(CC(=O)NC(C)c2ccc3c(c2)CCCC3)C2CC2)cc1.